The van der Waals surface area contributed by atoms with Crippen LogP contribution in [0.1, 0.15) is 11.1 Å². The maximum atomic E-state index is 12.3. The van der Waals surface area contributed by atoms with Gasteiger partial charge in [0.05, 0.1) is 6.54 Å². The van der Waals surface area contributed by atoms with E-state index in [-0.39, 0.29) is 18.3 Å². The molecule has 1 aliphatic rings. The summed E-state index contributed by atoms with van der Waals surface area (Å²) < 4.78 is 0. The molecule has 1 atom stereocenters. The minimum absolute atomic E-state index is 0.0608. The Morgan fingerprint density at radius 1 is 1.30 bits per heavy atom. The lowest BCUT2D eigenvalue weighted by atomic mass is 10.2. The molecule has 0 bridgehead atoms. The normalized spacial score (nSPS) is 18.0. The van der Waals surface area contributed by atoms with E-state index in [4.69, 9.17) is 16.4 Å². The molecule has 0 aromatic heterocycles. The van der Waals surface area contributed by atoms with Gasteiger partial charge in [0.25, 0.3) is 5.91 Å². The van der Waals surface area contributed by atoms with Gasteiger partial charge in [-0.15, -0.1) is 0 Å². The molecule has 2 aromatic rings. The molecule has 23 heavy (non-hydrogen) atoms. The Kier molecular flexibility index (Phi) is 4.60. The van der Waals surface area contributed by atoms with E-state index in [0.29, 0.717) is 17.1 Å². The number of phenols is 1. The van der Waals surface area contributed by atoms with Crippen LogP contribution in [-0.2, 0) is 16.2 Å². The first-order chi connectivity index (χ1) is 11.1. The van der Waals surface area contributed by atoms with Gasteiger partial charge in [-0.1, -0.05) is 41.9 Å². The van der Waals surface area contributed by atoms with Crippen LogP contribution in [0.3, 0.4) is 0 Å². The molecule has 0 aliphatic carbocycles. The Hall–Kier alpha value is -2.37. The van der Waals surface area contributed by atoms with Crippen LogP contribution < -0.4 is 0 Å². The fraction of sp³-hybridized carbons (Fsp3) is 0.176. The van der Waals surface area contributed by atoms with Crippen molar-refractivity contribution in [2.75, 3.05) is 6.61 Å². The number of carbonyl (C=O) groups is 1. The summed E-state index contributed by atoms with van der Waals surface area (Å²) >= 11 is 5.88. The zero-order valence-electron chi connectivity index (χ0n) is 12.2. The molecule has 5 nitrogen and oxygen atoms in total. The number of aromatic hydroxyl groups is 1. The number of hydrogen-bond donors (Lipinski definition) is 1. The van der Waals surface area contributed by atoms with Crippen LogP contribution in [0.4, 0.5) is 0 Å². The molecule has 1 fully saturated rings. The average molecular weight is 331 g/mol. The molecular weight excluding hydrogens is 316 g/mol. The fourth-order valence-corrected chi connectivity index (χ4v) is 2.42. The quantitative estimate of drug-likeness (QED) is 0.877. The van der Waals surface area contributed by atoms with Crippen molar-refractivity contribution >= 4 is 23.7 Å². The Labute approximate surface area is 138 Å². The van der Waals surface area contributed by atoms with E-state index < -0.39 is 6.04 Å². The number of nitrogens with zero attached hydrogens (tertiary/aromatic N) is 2. The highest BCUT2D eigenvalue weighted by molar-refractivity contribution is 6.30. The zero-order chi connectivity index (χ0) is 16.2. The predicted molar refractivity (Wildman–Crippen MR) is 87.4 cm³/mol. The summed E-state index contributed by atoms with van der Waals surface area (Å²) in [5.74, 6) is -0.141. The minimum Gasteiger partial charge on any atom is -0.507 e. The summed E-state index contributed by atoms with van der Waals surface area (Å²) in [6, 6.07) is 13.6. The number of rotatable bonds is 4. The summed E-state index contributed by atoms with van der Waals surface area (Å²) in [6.07, 6.45) is 1.44. The van der Waals surface area contributed by atoms with E-state index in [1.165, 1.54) is 17.3 Å². The van der Waals surface area contributed by atoms with Crippen LogP contribution in [0, 0.1) is 0 Å². The number of aliphatic imine (C=N–C) groups is 1. The highest BCUT2D eigenvalue weighted by Crippen LogP contribution is 2.21. The van der Waals surface area contributed by atoms with Gasteiger partial charge >= 0.3 is 0 Å². The summed E-state index contributed by atoms with van der Waals surface area (Å²) in [4.78, 5) is 21.9. The molecule has 1 aliphatic heterocycles. The van der Waals surface area contributed by atoms with Gasteiger partial charge in [0.2, 0.25) is 0 Å². The molecule has 3 rings (SSSR count). The SMILES string of the molecule is O=C1C(N=Cc2cc(Cl)ccc2O)CON1Cc1ccccc1. The summed E-state index contributed by atoms with van der Waals surface area (Å²) in [6.45, 7) is 0.567. The van der Waals surface area contributed by atoms with Crippen LogP contribution in [0.5, 0.6) is 5.75 Å². The third-order valence-corrected chi connectivity index (χ3v) is 3.71. The van der Waals surface area contributed by atoms with Crippen molar-refractivity contribution in [3.05, 3.63) is 64.7 Å². The highest BCUT2D eigenvalue weighted by atomic mass is 35.5. The number of amides is 1. The van der Waals surface area contributed by atoms with Crippen LogP contribution >= 0.6 is 11.6 Å². The second kappa shape index (κ2) is 6.81. The van der Waals surface area contributed by atoms with Gasteiger partial charge in [0.15, 0.2) is 6.04 Å². The zero-order valence-corrected chi connectivity index (χ0v) is 13.0. The lowest BCUT2D eigenvalue weighted by Gasteiger charge is -2.13. The van der Waals surface area contributed by atoms with Gasteiger partial charge in [-0.3, -0.25) is 14.6 Å². The second-order valence-electron chi connectivity index (χ2n) is 5.15. The molecule has 118 valence electrons. The van der Waals surface area contributed by atoms with Crippen molar-refractivity contribution in [3.63, 3.8) is 0 Å². The number of phenolic OH excluding ortho intramolecular Hbond substituents is 1. The lowest BCUT2D eigenvalue weighted by molar-refractivity contribution is -0.164. The van der Waals surface area contributed by atoms with Crippen molar-refractivity contribution < 1.29 is 14.7 Å². The Morgan fingerprint density at radius 3 is 2.87 bits per heavy atom. The van der Waals surface area contributed by atoms with E-state index in [1.807, 2.05) is 30.3 Å². The minimum atomic E-state index is -0.614. The third kappa shape index (κ3) is 3.70. The van der Waals surface area contributed by atoms with Crippen molar-refractivity contribution in [1.29, 1.82) is 0 Å². The third-order valence-electron chi connectivity index (χ3n) is 3.47. The van der Waals surface area contributed by atoms with E-state index in [1.54, 1.807) is 12.1 Å². The first-order valence-electron chi connectivity index (χ1n) is 7.13. The van der Waals surface area contributed by atoms with Gasteiger partial charge in [0, 0.05) is 16.8 Å². The average Bonchev–Trinajstić information content (AvgIpc) is 2.90. The topological polar surface area (TPSA) is 62.1 Å². The first kappa shape index (κ1) is 15.5. The number of halogens is 1. The molecule has 0 spiro atoms. The Balaban J connectivity index is 1.67. The van der Waals surface area contributed by atoms with Crippen LogP contribution in [0.2, 0.25) is 5.02 Å². The molecule has 1 N–H and O–H groups in total. The number of hydroxylamine groups is 2. The molecule has 1 unspecified atom stereocenters. The molecule has 1 amide bonds. The van der Waals surface area contributed by atoms with E-state index in [0.717, 1.165) is 5.56 Å². The lowest BCUT2D eigenvalue weighted by Crippen LogP contribution is -2.27. The highest BCUT2D eigenvalue weighted by Gasteiger charge is 2.32. The van der Waals surface area contributed by atoms with Crippen LogP contribution in [0.15, 0.2) is 53.5 Å². The standard InChI is InChI=1S/C17H15ClN2O3/c18-14-6-7-16(21)13(8-14)9-19-15-11-23-20(17(15)22)10-12-4-2-1-3-5-12/h1-9,15,21H,10-11H2. The van der Waals surface area contributed by atoms with Gasteiger partial charge in [-0.2, -0.15) is 0 Å². The molecule has 6 heteroatoms. The van der Waals surface area contributed by atoms with Crippen LogP contribution in [-0.4, -0.2) is 34.9 Å². The Bertz CT molecular complexity index is 734. The molecule has 1 saturated heterocycles. The molecule has 0 radical (unpaired) electrons. The summed E-state index contributed by atoms with van der Waals surface area (Å²) in [5, 5.41) is 11.5. The van der Waals surface area contributed by atoms with Gasteiger partial charge in [-0.05, 0) is 23.8 Å². The van der Waals surface area contributed by atoms with Crippen molar-refractivity contribution in [2.24, 2.45) is 4.99 Å². The van der Waals surface area contributed by atoms with E-state index in [9.17, 15) is 9.90 Å². The number of carbonyl (C=O) groups excluding carboxylic acids is 1. The van der Waals surface area contributed by atoms with Gasteiger partial charge in [-0.25, -0.2) is 5.06 Å². The maximum absolute atomic E-state index is 12.3. The monoisotopic (exact) mass is 330 g/mol. The van der Waals surface area contributed by atoms with Crippen LogP contribution in [0.25, 0.3) is 0 Å². The predicted octanol–water partition coefficient (Wildman–Crippen LogP) is 2.81. The van der Waals surface area contributed by atoms with Gasteiger partial charge < -0.3 is 5.11 Å². The van der Waals surface area contributed by atoms with E-state index in [2.05, 4.69) is 4.99 Å². The van der Waals surface area contributed by atoms with Crippen molar-refractivity contribution in [2.45, 2.75) is 12.6 Å². The number of hydrogen-bond acceptors (Lipinski definition) is 4. The summed E-state index contributed by atoms with van der Waals surface area (Å²) in [7, 11) is 0. The molecular formula is C17H15ClN2O3. The van der Waals surface area contributed by atoms with Crippen molar-refractivity contribution in [3.8, 4) is 5.75 Å². The Morgan fingerprint density at radius 2 is 2.09 bits per heavy atom. The van der Waals surface area contributed by atoms with Crippen molar-refractivity contribution in [1.82, 2.24) is 5.06 Å². The maximum Gasteiger partial charge on any atom is 0.273 e. The largest absolute Gasteiger partial charge is 0.507 e. The summed E-state index contributed by atoms with van der Waals surface area (Å²) in [5.41, 5.74) is 1.45. The molecule has 0 saturated carbocycles. The fourth-order valence-electron chi connectivity index (χ4n) is 2.24. The van der Waals surface area contributed by atoms with E-state index >= 15 is 0 Å². The molecule has 1 heterocycles. The number of benzene rings is 2. The first-order valence-corrected chi connectivity index (χ1v) is 7.51. The van der Waals surface area contributed by atoms with Gasteiger partial charge in [0.1, 0.15) is 12.4 Å². The molecule has 2 aromatic carbocycles. The smallest absolute Gasteiger partial charge is 0.273 e. The second-order valence-corrected chi connectivity index (χ2v) is 5.59.